The van der Waals surface area contributed by atoms with E-state index in [1.807, 2.05) is 38.7 Å². The van der Waals surface area contributed by atoms with Crippen molar-refractivity contribution in [3.63, 3.8) is 0 Å². The normalized spacial score (nSPS) is 23.9. The Morgan fingerprint density at radius 2 is 2.23 bits per heavy atom. The Morgan fingerprint density at radius 3 is 3.09 bits per heavy atom. The fourth-order valence-corrected chi connectivity index (χ4v) is 3.31. The Labute approximate surface area is 128 Å². The van der Waals surface area contributed by atoms with Crippen molar-refractivity contribution in [1.29, 1.82) is 0 Å². The maximum absolute atomic E-state index is 12.4. The molecule has 1 saturated heterocycles. The maximum Gasteiger partial charge on any atom is 0.224 e. The summed E-state index contributed by atoms with van der Waals surface area (Å²) >= 11 is 0. The molecule has 4 heterocycles. The van der Waals surface area contributed by atoms with Crippen LogP contribution in [0.15, 0.2) is 30.7 Å². The highest BCUT2D eigenvalue weighted by molar-refractivity contribution is 5.76. The van der Waals surface area contributed by atoms with Gasteiger partial charge in [-0.2, -0.15) is 0 Å². The largest absolute Gasteiger partial charge is 0.370 e. The summed E-state index contributed by atoms with van der Waals surface area (Å²) in [7, 11) is 0. The first-order valence-corrected chi connectivity index (χ1v) is 7.70. The highest BCUT2D eigenvalue weighted by atomic mass is 16.5. The van der Waals surface area contributed by atoms with Crippen LogP contribution in [0.25, 0.3) is 0 Å². The Morgan fingerprint density at radius 1 is 1.36 bits per heavy atom. The van der Waals surface area contributed by atoms with Crippen LogP contribution in [0.1, 0.15) is 24.6 Å². The number of carbonyl (C=O) groups is 1. The van der Waals surface area contributed by atoms with Gasteiger partial charge in [-0.3, -0.25) is 4.79 Å². The van der Waals surface area contributed by atoms with Crippen LogP contribution in [0.4, 0.5) is 0 Å². The molecule has 0 N–H and O–H groups in total. The number of aromatic nitrogens is 4. The van der Waals surface area contributed by atoms with Crippen LogP contribution in [0.2, 0.25) is 0 Å². The fourth-order valence-electron chi connectivity index (χ4n) is 3.31. The second-order valence-corrected chi connectivity index (χ2v) is 5.89. The molecule has 2 unspecified atom stereocenters. The minimum Gasteiger partial charge on any atom is -0.370 e. The van der Waals surface area contributed by atoms with Crippen molar-refractivity contribution in [2.75, 3.05) is 13.1 Å². The van der Waals surface area contributed by atoms with Gasteiger partial charge in [0, 0.05) is 38.4 Å². The Kier molecular flexibility index (Phi) is 3.42. The number of hydrogen-bond donors (Lipinski definition) is 0. The first kappa shape index (κ1) is 13.5. The molecule has 1 fully saturated rings. The quantitative estimate of drug-likeness (QED) is 0.843. The molecule has 0 aromatic carbocycles. The molecule has 1 amide bonds. The third kappa shape index (κ3) is 2.41. The summed E-state index contributed by atoms with van der Waals surface area (Å²) in [5.41, 5.74) is 0.989. The van der Waals surface area contributed by atoms with Crippen LogP contribution in [-0.4, -0.2) is 49.6 Å². The zero-order valence-corrected chi connectivity index (χ0v) is 12.3. The first-order chi connectivity index (χ1) is 10.8. The van der Waals surface area contributed by atoms with E-state index in [0.717, 1.165) is 25.2 Å². The summed E-state index contributed by atoms with van der Waals surface area (Å²) in [6.45, 7) is 2.71. The number of hydrogen-bond acceptors (Lipinski definition) is 4. The van der Waals surface area contributed by atoms with E-state index in [9.17, 15) is 4.79 Å². The summed E-state index contributed by atoms with van der Waals surface area (Å²) in [5, 5.41) is 8.13. The standard InChI is InChI=1S/C15H19N5O2/c21-15(4-7-18-5-1-2-6-18)19-8-3-14-13(10-19)20-12(11-22-14)9-16-17-20/h1-2,5-6,9,13-14H,3-4,7-8,10-11H2. The van der Waals surface area contributed by atoms with Gasteiger partial charge in [-0.15, -0.1) is 5.10 Å². The molecule has 0 bridgehead atoms. The van der Waals surface area contributed by atoms with Gasteiger partial charge in [-0.1, -0.05) is 5.21 Å². The fraction of sp³-hybridized carbons (Fsp3) is 0.533. The van der Waals surface area contributed by atoms with E-state index in [1.165, 1.54) is 0 Å². The van der Waals surface area contributed by atoms with Crippen LogP contribution >= 0.6 is 0 Å². The molecule has 2 aromatic rings. The SMILES string of the molecule is O=C(CCn1cccc1)N1CCC2OCc3cnnn3C2C1. The van der Waals surface area contributed by atoms with E-state index in [4.69, 9.17) is 4.74 Å². The predicted molar refractivity (Wildman–Crippen MR) is 77.9 cm³/mol. The number of carbonyl (C=O) groups excluding carboxylic acids is 1. The van der Waals surface area contributed by atoms with Gasteiger partial charge in [0.1, 0.15) is 0 Å². The lowest BCUT2D eigenvalue weighted by Crippen LogP contribution is -2.50. The number of piperidine rings is 1. The number of aryl methyl sites for hydroxylation is 1. The number of ether oxygens (including phenoxy) is 1. The third-order valence-corrected chi connectivity index (χ3v) is 4.53. The molecule has 7 heteroatoms. The minimum atomic E-state index is 0.0931. The van der Waals surface area contributed by atoms with Gasteiger partial charge in [0.15, 0.2) is 0 Å². The van der Waals surface area contributed by atoms with Crippen molar-refractivity contribution in [3.8, 4) is 0 Å². The van der Waals surface area contributed by atoms with Crippen molar-refractivity contribution in [3.05, 3.63) is 36.4 Å². The molecular formula is C15H19N5O2. The number of rotatable bonds is 3. The molecule has 0 saturated carbocycles. The molecule has 7 nitrogen and oxygen atoms in total. The highest BCUT2D eigenvalue weighted by Gasteiger charge is 2.37. The van der Waals surface area contributed by atoms with E-state index in [2.05, 4.69) is 10.3 Å². The highest BCUT2D eigenvalue weighted by Crippen LogP contribution is 2.30. The second-order valence-electron chi connectivity index (χ2n) is 5.89. The molecule has 2 aliphatic rings. The molecule has 2 aromatic heterocycles. The van der Waals surface area contributed by atoms with E-state index in [-0.39, 0.29) is 18.1 Å². The number of amides is 1. The molecule has 4 rings (SSSR count). The van der Waals surface area contributed by atoms with Crippen LogP contribution in [-0.2, 0) is 22.7 Å². The van der Waals surface area contributed by atoms with Gasteiger partial charge in [0.2, 0.25) is 5.91 Å². The van der Waals surface area contributed by atoms with Crippen LogP contribution < -0.4 is 0 Å². The summed E-state index contributed by atoms with van der Waals surface area (Å²) in [6.07, 6.45) is 7.23. The van der Waals surface area contributed by atoms with Gasteiger partial charge in [-0.05, 0) is 18.6 Å². The molecule has 0 radical (unpaired) electrons. The van der Waals surface area contributed by atoms with Gasteiger partial charge in [-0.25, -0.2) is 4.68 Å². The van der Waals surface area contributed by atoms with Crippen molar-refractivity contribution in [2.45, 2.75) is 38.1 Å². The van der Waals surface area contributed by atoms with E-state index in [0.29, 0.717) is 19.6 Å². The molecule has 0 spiro atoms. The van der Waals surface area contributed by atoms with Crippen molar-refractivity contribution in [1.82, 2.24) is 24.5 Å². The monoisotopic (exact) mass is 301 g/mol. The first-order valence-electron chi connectivity index (χ1n) is 7.70. The van der Waals surface area contributed by atoms with Gasteiger partial charge in [0.05, 0.1) is 30.6 Å². The molecule has 22 heavy (non-hydrogen) atoms. The zero-order valence-electron chi connectivity index (χ0n) is 12.3. The topological polar surface area (TPSA) is 65.2 Å². The molecule has 116 valence electrons. The summed E-state index contributed by atoms with van der Waals surface area (Å²) in [5.74, 6) is 0.194. The zero-order chi connectivity index (χ0) is 14.9. The lowest BCUT2D eigenvalue weighted by Gasteiger charge is -2.41. The molecule has 2 atom stereocenters. The molecule has 0 aliphatic carbocycles. The summed E-state index contributed by atoms with van der Waals surface area (Å²) in [6, 6.07) is 4.04. The number of nitrogens with zero attached hydrogens (tertiary/aromatic N) is 5. The van der Waals surface area contributed by atoms with Crippen LogP contribution in [0, 0.1) is 0 Å². The lowest BCUT2D eigenvalue weighted by molar-refractivity contribution is -0.138. The average Bonchev–Trinajstić information content (AvgIpc) is 3.23. The molecular weight excluding hydrogens is 282 g/mol. The van der Waals surface area contributed by atoms with Crippen LogP contribution in [0.5, 0.6) is 0 Å². The Bertz CT molecular complexity index is 651. The number of fused-ring (bicyclic) bond motifs is 3. The smallest absolute Gasteiger partial charge is 0.224 e. The summed E-state index contributed by atoms with van der Waals surface area (Å²) < 4.78 is 9.83. The van der Waals surface area contributed by atoms with Crippen LogP contribution in [0.3, 0.4) is 0 Å². The second kappa shape index (κ2) is 5.57. The van der Waals surface area contributed by atoms with Gasteiger partial charge >= 0.3 is 0 Å². The van der Waals surface area contributed by atoms with Gasteiger partial charge in [0.25, 0.3) is 0 Å². The van der Waals surface area contributed by atoms with E-state index >= 15 is 0 Å². The maximum atomic E-state index is 12.4. The van der Waals surface area contributed by atoms with Gasteiger partial charge < -0.3 is 14.2 Å². The number of likely N-dealkylation sites (tertiary alicyclic amines) is 1. The van der Waals surface area contributed by atoms with E-state index < -0.39 is 0 Å². The van der Waals surface area contributed by atoms with Crippen molar-refractivity contribution in [2.24, 2.45) is 0 Å². The van der Waals surface area contributed by atoms with E-state index in [1.54, 1.807) is 6.20 Å². The Hall–Kier alpha value is -2.15. The minimum absolute atomic E-state index is 0.0931. The Balaban J connectivity index is 1.41. The third-order valence-electron chi connectivity index (χ3n) is 4.53. The molecule has 2 aliphatic heterocycles. The summed E-state index contributed by atoms with van der Waals surface area (Å²) in [4.78, 5) is 14.4. The average molecular weight is 301 g/mol. The van der Waals surface area contributed by atoms with Crippen molar-refractivity contribution < 1.29 is 9.53 Å². The predicted octanol–water partition coefficient (Wildman–Crippen LogP) is 0.842. The van der Waals surface area contributed by atoms with Crippen molar-refractivity contribution >= 4 is 5.91 Å². The lowest BCUT2D eigenvalue weighted by atomic mass is 10.00.